The van der Waals surface area contributed by atoms with Crippen molar-refractivity contribution in [1.82, 2.24) is 9.55 Å². The third-order valence-electron chi connectivity index (χ3n) is 3.14. The Kier molecular flexibility index (Phi) is 6.07. The fourth-order valence-corrected chi connectivity index (χ4v) is 2.03. The van der Waals surface area contributed by atoms with Crippen molar-refractivity contribution in [1.29, 1.82) is 0 Å². The van der Waals surface area contributed by atoms with E-state index in [1.165, 1.54) is 30.7 Å². The van der Waals surface area contributed by atoms with Gasteiger partial charge in [-0.15, -0.1) is 0 Å². The molecule has 0 fully saturated rings. The van der Waals surface area contributed by atoms with Crippen molar-refractivity contribution in [2.75, 3.05) is 0 Å². The van der Waals surface area contributed by atoms with Gasteiger partial charge in [0.15, 0.2) is 0 Å². The highest BCUT2D eigenvalue weighted by Gasteiger charge is 2.26. The Hall–Kier alpha value is -1.70. The summed E-state index contributed by atoms with van der Waals surface area (Å²) in [5, 5.41) is 19.3. The smallest absolute Gasteiger partial charge is 0.330 e. The first-order valence-electron chi connectivity index (χ1n) is 6.81. The number of hydrogen-bond acceptors (Lipinski definition) is 5. The Morgan fingerprint density at radius 2 is 1.95 bits per heavy atom. The van der Waals surface area contributed by atoms with E-state index in [2.05, 4.69) is 11.6 Å². The van der Waals surface area contributed by atoms with Gasteiger partial charge in [0, 0.05) is 6.20 Å². The maximum atomic E-state index is 11.9. The molecule has 0 aliphatic carbocycles. The maximum Gasteiger partial charge on any atom is 0.330 e. The van der Waals surface area contributed by atoms with Crippen molar-refractivity contribution in [2.24, 2.45) is 0 Å². The number of rotatable bonds is 7. The summed E-state index contributed by atoms with van der Waals surface area (Å²) in [5.41, 5.74) is -0.904. The van der Waals surface area contributed by atoms with Crippen molar-refractivity contribution >= 4 is 6.08 Å². The molecule has 0 saturated heterocycles. The Bertz CT molecular complexity index is 580. The molecule has 0 aliphatic heterocycles. The lowest BCUT2D eigenvalue weighted by Crippen LogP contribution is -2.41. The summed E-state index contributed by atoms with van der Waals surface area (Å²) in [5.74, 6) is 0. The Morgan fingerprint density at radius 1 is 1.38 bits per heavy atom. The van der Waals surface area contributed by atoms with Crippen LogP contribution in [-0.4, -0.2) is 38.1 Å². The molecule has 3 N–H and O–H groups in total. The number of aliphatic hydroxyl groups excluding tert-OH is 2. The number of aromatic nitrogens is 2. The highest BCUT2D eigenvalue weighted by molar-refractivity contribution is 5.43. The molecule has 118 valence electrons. The van der Waals surface area contributed by atoms with Crippen molar-refractivity contribution < 1.29 is 14.9 Å². The molecule has 0 amide bonds. The molecule has 21 heavy (non-hydrogen) atoms. The van der Waals surface area contributed by atoms with E-state index in [9.17, 15) is 19.8 Å². The molecule has 0 radical (unpaired) electrons. The third-order valence-corrected chi connectivity index (χ3v) is 3.14. The lowest BCUT2D eigenvalue weighted by Gasteiger charge is -2.29. The second kappa shape index (κ2) is 7.35. The van der Waals surface area contributed by atoms with Crippen LogP contribution in [0.2, 0.25) is 0 Å². The molecule has 1 heterocycles. The van der Waals surface area contributed by atoms with Crippen molar-refractivity contribution in [2.45, 2.75) is 51.7 Å². The van der Waals surface area contributed by atoms with Crippen LogP contribution in [0, 0.1) is 0 Å². The van der Waals surface area contributed by atoms with Gasteiger partial charge >= 0.3 is 5.69 Å². The number of ether oxygens (including phenoxy) is 1. The highest BCUT2D eigenvalue weighted by Crippen LogP contribution is 2.17. The van der Waals surface area contributed by atoms with Gasteiger partial charge in [0.25, 0.3) is 5.56 Å². The first-order valence-corrected chi connectivity index (χ1v) is 6.81. The summed E-state index contributed by atoms with van der Waals surface area (Å²) >= 11 is 0. The lowest BCUT2D eigenvalue weighted by molar-refractivity contribution is -0.144. The number of aliphatic hydroxyl groups is 2. The van der Waals surface area contributed by atoms with Crippen molar-refractivity contribution in [3.8, 4) is 0 Å². The predicted octanol–water partition coefficient (Wildman–Crippen LogP) is 0.235. The first kappa shape index (κ1) is 17.4. The van der Waals surface area contributed by atoms with E-state index in [0.29, 0.717) is 6.42 Å². The van der Waals surface area contributed by atoms with E-state index in [-0.39, 0.29) is 5.56 Å². The number of H-pyrrole nitrogens is 1. The fraction of sp³-hybridized carbons (Fsp3) is 0.571. The highest BCUT2D eigenvalue weighted by atomic mass is 16.5. The van der Waals surface area contributed by atoms with Gasteiger partial charge < -0.3 is 14.9 Å². The van der Waals surface area contributed by atoms with Crippen molar-refractivity contribution in [3.63, 3.8) is 0 Å². The van der Waals surface area contributed by atoms with E-state index in [1.54, 1.807) is 6.92 Å². The Labute approximate surface area is 122 Å². The molecule has 1 rings (SSSR count). The summed E-state index contributed by atoms with van der Waals surface area (Å²) < 4.78 is 6.85. The molecule has 0 aliphatic rings. The van der Waals surface area contributed by atoms with Crippen LogP contribution in [0.4, 0.5) is 0 Å². The van der Waals surface area contributed by atoms with Crippen LogP contribution in [0.1, 0.15) is 39.0 Å². The molecule has 2 unspecified atom stereocenters. The first-order chi connectivity index (χ1) is 9.81. The molecule has 0 aromatic carbocycles. The maximum absolute atomic E-state index is 11.9. The van der Waals surface area contributed by atoms with Crippen LogP contribution in [-0.2, 0) is 4.74 Å². The van der Waals surface area contributed by atoms with Gasteiger partial charge in [-0.1, -0.05) is 19.6 Å². The molecular weight excluding hydrogens is 276 g/mol. The summed E-state index contributed by atoms with van der Waals surface area (Å²) in [4.78, 5) is 25.6. The molecule has 1 aromatic rings. The van der Waals surface area contributed by atoms with E-state index < -0.39 is 35.8 Å². The van der Waals surface area contributed by atoms with E-state index in [1.807, 2.05) is 0 Å². The molecule has 0 saturated carbocycles. The van der Waals surface area contributed by atoms with Gasteiger partial charge in [0.2, 0.25) is 0 Å². The minimum Gasteiger partial charge on any atom is -0.391 e. The normalized spacial score (nSPS) is 17.0. The summed E-state index contributed by atoms with van der Waals surface area (Å²) in [6, 6.07) is 0. The molecule has 0 spiro atoms. The molecule has 7 nitrogen and oxygen atoms in total. The fourth-order valence-electron chi connectivity index (χ4n) is 2.03. The van der Waals surface area contributed by atoms with Gasteiger partial charge in [-0.05, 0) is 20.3 Å². The van der Waals surface area contributed by atoms with E-state index in [4.69, 9.17) is 4.74 Å². The predicted molar refractivity (Wildman–Crippen MR) is 79.0 cm³/mol. The van der Waals surface area contributed by atoms with Gasteiger partial charge in [0.1, 0.15) is 12.3 Å². The zero-order valence-electron chi connectivity index (χ0n) is 12.4. The standard InChI is InChI=1S/C14H22N2O5/c1-5-10-7-16(14(20)15-13(10)19)11(6-2)21-12(8(3)17)9(4)18/h5,7-9,11-12,17-18H,1,6H2,2-4H3,(H,15,19,20)/t8-,9?,11+,12?/m0/s1. The quantitative estimate of drug-likeness (QED) is 0.668. The molecule has 1 aromatic heterocycles. The van der Waals surface area contributed by atoms with Gasteiger partial charge in [-0.2, -0.15) is 0 Å². The van der Waals surface area contributed by atoms with Crippen molar-refractivity contribution in [3.05, 3.63) is 39.2 Å². The van der Waals surface area contributed by atoms with Crippen LogP contribution in [0.15, 0.2) is 22.4 Å². The number of nitrogens with zero attached hydrogens (tertiary/aromatic N) is 1. The summed E-state index contributed by atoms with van der Waals surface area (Å²) in [6.07, 6.45) is -0.277. The zero-order valence-corrected chi connectivity index (χ0v) is 12.4. The number of aromatic amines is 1. The average molecular weight is 298 g/mol. The van der Waals surface area contributed by atoms with Crippen LogP contribution in [0.3, 0.4) is 0 Å². The van der Waals surface area contributed by atoms with E-state index in [0.717, 1.165) is 0 Å². The van der Waals surface area contributed by atoms with Crippen LogP contribution in [0.5, 0.6) is 0 Å². The van der Waals surface area contributed by atoms with Gasteiger partial charge in [-0.25, -0.2) is 4.79 Å². The van der Waals surface area contributed by atoms with Crippen LogP contribution < -0.4 is 11.2 Å². The average Bonchev–Trinajstić information content (AvgIpc) is 2.40. The molecular formula is C14H22N2O5. The Balaban J connectivity index is 3.19. The minimum atomic E-state index is -0.906. The minimum absolute atomic E-state index is 0.238. The van der Waals surface area contributed by atoms with Gasteiger partial charge in [0.05, 0.1) is 17.8 Å². The largest absolute Gasteiger partial charge is 0.391 e. The lowest BCUT2D eigenvalue weighted by atomic mass is 10.1. The second-order valence-corrected chi connectivity index (χ2v) is 4.90. The van der Waals surface area contributed by atoms with Crippen LogP contribution >= 0.6 is 0 Å². The van der Waals surface area contributed by atoms with E-state index >= 15 is 0 Å². The third kappa shape index (κ3) is 4.13. The molecule has 0 bridgehead atoms. The molecule has 4 atom stereocenters. The summed E-state index contributed by atoms with van der Waals surface area (Å²) in [7, 11) is 0. The van der Waals surface area contributed by atoms with Gasteiger partial charge in [-0.3, -0.25) is 14.3 Å². The topological polar surface area (TPSA) is 105 Å². The SMILES string of the molecule is C=Cc1cn([C@@H](CC)OC(C(C)O)[C@H](C)O)c(=O)[nH]c1=O. The van der Waals surface area contributed by atoms with Crippen LogP contribution in [0.25, 0.3) is 6.08 Å². The number of nitrogens with one attached hydrogen (secondary N) is 1. The zero-order chi connectivity index (χ0) is 16.2. The molecule has 7 heteroatoms. The number of hydrogen-bond donors (Lipinski definition) is 3. The Morgan fingerprint density at radius 3 is 2.38 bits per heavy atom. The second-order valence-electron chi connectivity index (χ2n) is 4.90. The summed E-state index contributed by atoms with van der Waals surface area (Å²) in [6.45, 7) is 8.29. The monoisotopic (exact) mass is 298 g/mol.